The van der Waals surface area contributed by atoms with Crippen LogP contribution in [0.25, 0.3) is 10.2 Å². The van der Waals surface area contributed by atoms with E-state index in [0.717, 1.165) is 11.0 Å². The molecule has 0 fully saturated rings. The van der Waals surface area contributed by atoms with Crippen molar-refractivity contribution in [3.63, 3.8) is 0 Å². The summed E-state index contributed by atoms with van der Waals surface area (Å²) in [5.74, 6) is -0.510. The summed E-state index contributed by atoms with van der Waals surface area (Å²) in [6.45, 7) is 0. The molecule has 2 aromatic heterocycles. The number of amides is 2. The van der Waals surface area contributed by atoms with Gasteiger partial charge in [-0.05, 0) is 53.9 Å². The first-order chi connectivity index (χ1) is 14.8. The SMILES string of the molecule is CS(=O)(=O)Nc1nc2ccc(NC(=O)c3ccc(NC(=O)c4cccs4)cc3)cc2s1. The number of rotatable bonds is 6. The number of nitrogens with one attached hydrogen (secondary N) is 3. The van der Waals surface area contributed by atoms with Gasteiger partial charge in [-0.3, -0.25) is 14.3 Å². The van der Waals surface area contributed by atoms with Gasteiger partial charge in [0.05, 0.1) is 21.3 Å². The number of hydrogen-bond donors (Lipinski definition) is 3. The van der Waals surface area contributed by atoms with E-state index in [0.29, 0.717) is 27.3 Å². The molecule has 0 aliphatic carbocycles. The van der Waals surface area contributed by atoms with Gasteiger partial charge in [-0.25, -0.2) is 13.4 Å². The number of anilines is 3. The van der Waals surface area contributed by atoms with Crippen LogP contribution in [0.1, 0.15) is 20.0 Å². The first-order valence-electron chi connectivity index (χ1n) is 8.91. The zero-order valence-corrected chi connectivity index (χ0v) is 18.5. The summed E-state index contributed by atoms with van der Waals surface area (Å²) < 4.78 is 25.8. The Morgan fingerprint density at radius 1 is 0.935 bits per heavy atom. The molecule has 31 heavy (non-hydrogen) atoms. The molecule has 0 radical (unpaired) electrons. The predicted molar refractivity (Wildman–Crippen MR) is 125 cm³/mol. The van der Waals surface area contributed by atoms with E-state index in [2.05, 4.69) is 20.3 Å². The highest BCUT2D eigenvalue weighted by Crippen LogP contribution is 2.29. The molecule has 2 heterocycles. The van der Waals surface area contributed by atoms with Crippen LogP contribution in [0.2, 0.25) is 0 Å². The monoisotopic (exact) mass is 472 g/mol. The van der Waals surface area contributed by atoms with Crippen LogP contribution in [-0.2, 0) is 10.0 Å². The minimum atomic E-state index is -3.41. The quantitative estimate of drug-likeness (QED) is 0.388. The molecule has 2 amide bonds. The van der Waals surface area contributed by atoms with Gasteiger partial charge in [0.15, 0.2) is 5.13 Å². The third-order valence-corrected chi connectivity index (χ3v) is 6.56. The lowest BCUT2D eigenvalue weighted by atomic mass is 10.2. The number of thiazole rings is 1. The summed E-state index contributed by atoms with van der Waals surface area (Å²) in [5, 5.41) is 7.68. The van der Waals surface area contributed by atoms with Crippen molar-refractivity contribution in [3.05, 3.63) is 70.4 Å². The molecular formula is C20H16N4O4S3. The van der Waals surface area contributed by atoms with Gasteiger partial charge in [0.2, 0.25) is 10.0 Å². The van der Waals surface area contributed by atoms with Gasteiger partial charge in [-0.1, -0.05) is 17.4 Å². The predicted octanol–water partition coefficient (Wildman–Crippen LogP) is 4.23. The minimum absolute atomic E-state index is 0.199. The number of nitrogens with zero attached hydrogens (tertiary/aromatic N) is 1. The number of aromatic nitrogens is 1. The average Bonchev–Trinajstić information content (AvgIpc) is 3.36. The van der Waals surface area contributed by atoms with E-state index in [1.54, 1.807) is 54.6 Å². The van der Waals surface area contributed by atoms with Crippen LogP contribution in [0.5, 0.6) is 0 Å². The molecule has 0 bridgehead atoms. The van der Waals surface area contributed by atoms with E-state index in [1.807, 2.05) is 5.38 Å². The third kappa shape index (κ3) is 5.26. The highest BCUT2D eigenvalue weighted by Gasteiger charge is 2.12. The summed E-state index contributed by atoms with van der Waals surface area (Å²) in [7, 11) is -3.41. The van der Waals surface area contributed by atoms with Crippen LogP contribution in [0.15, 0.2) is 60.0 Å². The van der Waals surface area contributed by atoms with Crippen molar-refractivity contribution in [1.29, 1.82) is 0 Å². The van der Waals surface area contributed by atoms with Crippen molar-refractivity contribution in [2.45, 2.75) is 0 Å². The van der Waals surface area contributed by atoms with E-state index in [4.69, 9.17) is 0 Å². The van der Waals surface area contributed by atoms with Crippen molar-refractivity contribution < 1.29 is 18.0 Å². The van der Waals surface area contributed by atoms with E-state index in [1.165, 1.54) is 22.7 Å². The molecule has 0 atom stereocenters. The summed E-state index contributed by atoms with van der Waals surface area (Å²) >= 11 is 2.53. The first kappa shape index (κ1) is 21.0. The standard InChI is InChI=1S/C20H16N4O4S3/c1-31(27,28)24-20-23-15-9-8-14(11-17(15)30-20)22-18(25)12-4-6-13(7-5-12)21-19(26)16-3-2-10-29-16/h2-11H,1H3,(H,21,26)(H,22,25)(H,23,24). The molecule has 0 saturated carbocycles. The smallest absolute Gasteiger partial charge is 0.265 e. The van der Waals surface area contributed by atoms with E-state index >= 15 is 0 Å². The van der Waals surface area contributed by atoms with Crippen molar-refractivity contribution in [3.8, 4) is 0 Å². The zero-order valence-electron chi connectivity index (χ0n) is 16.1. The lowest BCUT2D eigenvalue weighted by Crippen LogP contribution is -2.13. The summed E-state index contributed by atoms with van der Waals surface area (Å²) in [6, 6.07) is 15.2. The van der Waals surface area contributed by atoms with Crippen LogP contribution in [0.4, 0.5) is 16.5 Å². The Kier molecular flexibility index (Phi) is 5.72. The van der Waals surface area contributed by atoms with Crippen LogP contribution >= 0.6 is 22.7 Å². The van der Waals surface area contributed by atoms with Gasteiger partial charge < -0.3 is 10.6 Å². The highest BCUT2D eigenvalue weighted by molar-refractivity contribution is 7.92. The lowest BCUT2D eigenvalue weighted by Gasteiger charge is -2.07. The number of fused-ring (bicyclic) bond motifs is 1. The first-order valence-corrected chi connectivity index (χ1v) is 12.5. The maximum Gasteiger partial charge on any atom is 0.265 e. The Balaban J connectivity index is 1.43. The number of thiophene rings is 1. The summed E-state index contributed by atoms with van der Waals surface area (Å²) in [4.78, 5) is 29.5. The Bertz CT molecular complexity index is 1360. The second-order valence-electron chi connectivity index (χ2n) is 6.54. The Morgan fingerprint density at radius 2 is 1.65 bits per heavy atom. The fourth-order valence-electron chi connectivity index (χ4n) is 2.71. The van der Waals surface area contributed by atoms with Crippen molar-refractivity contribution >= 4 is 71.2 Å². The van der Waals surface area contributed by atoms with E-state index < -0.39 is 10.0 Å². The summed E-state index contributed by atoms with van der Waals surface area (Å²) in [6.07, 6.45) is 1.06. The summed E-state index contributed by atoms with van der Waals surface area (Å²) in [5.41, 5.74) is 2.20. The molecule has 4 rings (SSSR count). The van der Waals surface area contributed by atoms with Crippen molar-refractivity contribution in [2.75, 3.05) is 21.6 Å². The number of carbonyl (C=O) groups is 2. The molecule has 8 nitrogen and oxygen atoms in total. The lowest BCUT2D eigenvalue weighted by molar-refractivity contribution is 0.102. The topological polar surface area (TPSA) is 117 Å². The van der Waals surface area contributed by atoms with Gasteiger partial charge in [0.25, 0.3) is 11.8 Å². The molecule has 0 aliphatic heterocycles. The Hall–Kier alpha value is -3.28. The molecule has 4 aromatic rings. The fraction of sp³-hybridized carbons (Fsp3) is 0.0500. The number of sulfonamides is 1. The van der Waals surface area contributed by atoms with E-state index in [-0.39, 0.29) is 16.9 Å². The van der Waals surface area contributed by atoms with Gasteiger partial charge >= 0.3 is 0 Å². The Labute approximate surface area is 186 Å². The van der Waals surface area contributed by atoms with Gasteiger partial charge in [-0.15, -0.1) is 11.3 Å². The maximum absolute atomic E-state index is 12.6. The third-order valence-electron chi connectivity index (χ3n) is 4.07. The number of hydrogen-bond acceptors (Lipinski definition) is 7. The highest BCUT2D eigenvalue weighted by atomic mass is 32.2. The molecule has 0 saturated heterocycles. The Morgan fingerprint density at radius 3 is 2.32 bits per heavy atom. The number of carbonyl (C=O) groups excluding carboxylic acids is 2. The molecule has 3 N–H and O–H groups in total. The average molecular weight is 473 g/mol. The van der Waals surface area contributed by atoms with Crippen LogP contribution < -0.4 is 15.4 Å². The van der Waals surface area contributed by atoms with Gasteiger partial charge in [-0.2, -0.15) is 0 Å². The molecular weight excluding hydrogens is 456 g/mol. The second kappa shape index (κ2) is 8.46. The molecule has 0 aliphatic rings. The van der Waals surface area contributed by atoms with E-state index in [9.17, 15) is 18.0 Å². The van der Waals surface area contributed by atoms with Gasteiger partial charge in [0.1, 0.15) is 0 Å². The largest absolute Gasteiger partial charge is 0.322 e. The van der Waals surface area contributed by atoms with Gasteiger partial charge in [0, 0.05) is 16.9 Å². The zero-order chi connectivity index (χ0) is 22.0. The second-order valence-corrected chi connectivity index (χ2v) is 10.3. The van der Waals surface area contributed by atoms with Crippen LogP contribution in [0.3, 0.4) is 0 Å². The fourth-order valence-corrected chi connectivity index (χ4v) is 5.07. The molecule has 0 spiro atoms. The van der Waals surface area contributed by atoms with Crippen molar-refractivity contribution in [1.82, 2.24) is 4.98 Å². The molecule has 11 heteroatoms. The molecule has 2 aromatic carbocycles. The maximum atomic E-state index is 12.6. The minimum Gasteiger partial charge on any atom is -0.322 e. The van der Waals surface area contributed by atoms with Crippen molar-refractivity contribution in [2.24, 2.45) is 0 Å². The van der Waals surface area contributed by atoms with Crippen LogP contribution in [-0.4, -0.2) is 31.5 Å². The number of benzene rings is 2. The normalized spacial score (nSPS) is 11.3. The molecule has 0 unspecified atom stereocenters. The van der Waals surface area contributed by atoms with Crippen LogP contribution in [0, 0.1) is 0 Å². The molecule has 158 valence electrons.